The lowest BCUT2D eigenvalue weighted by Gasteiger charge is -2.34. The summed E-state index contributed by atoms with van der Waals surface area (Å²) in [7, 11) is 4.24. The van der Waals surface area contributed by atoms with Crippen molar-refractivity contribution in [2.24, 2.45) is 0 Å². The third-order valence-electron chi connectivity index (χ3n) is 4.16. The molecule has 1 aliphatic rings. The van der Waals surface area contributed by atoms with Crippen LogP contribution in [-0.2, 0) is 6.54 Å². The first-order valence-electron chi connectivity index (χ1n) is 6.91. The zero-order valence-corrected chi connectivity index (χ0v) is 13.1. The Morgan fingerprint density at radius 2 is 1.89 bits per heavy atom. The van der Waals surface area contributed by atoms with Crippen LogP contribution in [0, 0.1) is 0 Å². The van der Waals surface area contributed by atoms with Gasteiger partial charge in [0.2, 0.25) is 0 Å². The molecule has 1 aromatic carbocycles. The summed E-state index contributed by atoms with van der Waals surface area (Å²) in [6, 6.07) is 7.04. The fraction of sp³-hybridized carbons (Fsp3) is 0.600. The minimum atomic E-state index is 0.652. The predicted octanol–water partition coefficient (Wildman–Crippen LogP) is 3.96. The Morgan fingerprint density at radius 1 is 1.21 bits per heavy atom. The van der Waals surface area contributed by atoms with Crippen LogP contribution < -0.4 is 5.32 Å². The Hall–Kier alpha value is -0.280. The number of hydrogen-bond donors (Lipinski definition) is 1. The lowest BCUT2D eigenvalue weighted by atomic mass is 9.90. The van der Waals surface area contributed by atoms with Gasteiger partial charge in [0.05, 0.1) is 0 Å². The third-order valence-corrected chi connectivity index (χ3v) is 4.76. The van der Waals surface area contributed by atoms with Crippen molar-refractivity contribution >= 4 is 23.2 Å². The Labute approximate surface area is 126 Å². The van der Waals surface area contributed by atoms with Gasteiger partial charge in [-0.3, -0.25) is 4.90 Å². The van der Waals surface area contributed by atoms with Crippen LogP contribution in [0.2, 0.25) is 10.0 Å². The van der Waals surface area contributed by atoms with Crippen LogP contribution in [0.3, 0.4) is 0 Å². The van der Waals surface area contributed by atoms with Gasteiger partial charge < -0.3 is 5.32 Å². The lowest BCUT2D eigenvalue weighted by Crippen LogP contribution is -2.39. The van der Waals surface area contributed by atoms with Crippen LogP contribution in [0.15, 0.2) is 18.2 Å². The van der Waals surface area contributed by atoms with Gasteiger partial charge in [0.25, 0.3) is 0 Å². The minimum Gasteiger partial charge on any atom is -0.317 e. The van der Waals surface area contributed by atoms with Crippen LogP contribution in [0.1, 0.15) is 31.2 Å². The molecule has 106 valence electrons. The highest BCUT2D eigenvalue weighted by molar-refractivity contribution is 6.33. The molecule has 0 spiro atoms. The van der Waals surface area contributed by atoms with Crippen LogP contribution in [0.5, 0.6) is 0 Å². The summed E-state index contributed by atoms with van der Waals surface area (Å²) >= 11 is 12.3. The standard InChI is InChI=1S/C15H22Cl2N2/c1-18-13-4-6-14(7-5-13)19(2)10-11-9-12(16)3-8-15(11)17/h3,8-9,13-14,18H,4-7,10H2,1-2H3. The molecule has 0 aliphatic heterocycles. The van der Waals surface area contributed by atoms with E-state index in [4.69, 9.17) is 23.2 Å². The van der Waals surface area contributed by atoms with Crippen LogP contribution in [0.25, 0.3) is 0 Å². The van der Waals surface area contributed by atoms with Gasteiger partial charge >= 0.3 is 0 Å². The molecule has 1 saturated carbocycles. The Morgan fingerprint density at radius 3 is 2.53 bits per heavy atom. The number of benzene rings is 1. The molecule has 1 aliphatic carbocycles. The highest BCUT2D eigenvalue weighted by atomic mass is 35.5. The van der Waals surface area contributed by atoms with E-state index in [9.17, 15) is 0 Å². The quantitative estimate of drug-likeness (QED) is 0.905. The van der Waals surface area contributed by atoms with Crippen molar-refractivity contribution in [1.82, 2.24) is 10.2 Å². The van der Waals surface area contributed by atoms with E-state index in [1.54, 1.807) is 0 Å². The van der Waals surface area contributed by atoms with E-state index in [2.05, 4.69) is 24.3 Å². The van der Waals surface area contributed by atoms with Gasteiger partial charge in [-0.05, 0) is 63.5 Å². The van der Waals surface area contributed by atoms with Crippen LogP contribution >= 0.6 is 23.2 Å². The number of nitrogens with one attached hydrogen (secondary N) is 1. The maximum Gasteiger partial charge on any atom is 0.0452 e. The highest BCUT2D eigenvalue weighted by Gasteiger charge is 2.23. The molecular formula is C15H22Cl2N2. The summed E-state index contributed by atoms with van der Waals surface area (Å²) in [4.78, 5) is 2.41. The molecule has 1 N–H and O–H groups in total. The van der Waals surface area contributed by atoms with Crippen molar-refractivity contribution in [2.45, 2.75) is 44.3 Å². The average molecular weight is 301 g/mol. The summed E-state index contributed by atoms with van der Waals surface area (Å²) < 4.78 is 0. The SMILES string of the molecule is CNC1CCC(N(C)Cc2cc(Cl)ccc2Cl)CC1. The predicted molar refractivity (Wildman–Crippen MR) is 83.0 cm³/mol. The summed E-state index contributed by atoms with van der Waals surface area (Å²) in [6.45, 7) is 0.869. The summed E-state index contributed by atoms with van der Waals surface area (Å²) in [6.07, 6.45) is 5.02. The van der Waals surface area contributed by atoms with E-state index < -0.39 is 0 Å². The maximum atomic E-state index is 6.23. The van der Waals surface area contributed by atoms with Gasteiger partial charge in [-0.2, -0.15) is 0 Å². The van der Waals surface area contributed by atoms with E-state index in [1.165, 1.54) is 25.7 Å². The first kappa shape index (κ1) is 15.1. The molecule has 0 aromatic heterocycles. The summed E-state index contributed by atoms with van der Waals surface area (Å²) in [5, 5.41) is 4.93. The second-order valence-corrected chi connectivity index (χ2v) is 6.29. The zero-order chi connectivity index (χ0) is 13.8. The topological polar surface area (TPSA) is 15.3 Å². The number of hydrogen-bond acceptors (Lipinski definition) is 2. The van der Waals surface area contributed by atoms with Crippen molar-refractivity contribution in [2.75, 3.05) is 14.1 Å². The monoisotopic (exact) mass is 300 g/mol. The van der Waals surface area contributed by atoms with Gasteiger partial charge in [-0.25, -0.2) is 0 Å². The Kier molecular flexibility index (Phi) is 5.52. The fourth-order valence-electron chi connectivity index (χ4n) is 2.87. The second kappa shape index (κ2) is 6.94. The van der Waals surface area contributed by atoms with Gasteiger partial charge in [-0.15, -0.1) is 0 Å². The van der Waals surface area contributed by atoms with Crippen LogP contribution in [-0.4, -0.2) is 31.1 Å². The van der Waals surface area contributed by atoms with Crippen molar-refractivity contribution in [3.05, 3.63) is 33.8 Å². The summed E-state index contributed by atoms with van der Waals surface area (Å²) in [5.41, 5.74) is 1.12. The molecule has 0 amide bonds. The molecule has 0 unspecified atom stereocenters. The van der Waals surface area contributed by atoms with E-state index in [-0.39, 0.29) is 0 Å². The van der Waals surface area contributed by atoms with Gasteiger partial charge in [0, 0.05) is 28.7 Å². The highest BCUT2D eigenvalue weighted by Crippen LogP contribution is 2.26. The minimum absolute atomic E-state index is 0.652. The fourth-order valence-corrected chi connectivity index (χ4v) is 3.24. The molecule has 0 bridgehead atoms. The Balaban J connectivity index is 1.94. The first-order chi connectivity index (χ1) is 9.10. The van der Waals surface area contributed by atoms with E-state index in [0.717, 1.165) is 22.2 Å². The molecule has 0 atom stereocenters. The molecule has 0 radical (unpaired) electrons. The molecule has 4 heteroatoms. The van der Waals surface area contributed by atoms with Gasteiger partial charge in [-0.1, -0.05) is 23.2 Å². The first-order valence-corrected chi connectivity index (χ1v) is 7.67. The van der Waals surface area contributed by atoms with Crippen LogP contribution in [0.4, 0.5) is 0 Å². The normalized spacial score (nSPS) is 23.8. The van der Waals surface area contributed by atoms with Crippen molar-refractivity contribution in [1.29, 1.82) is 0 Å². The molecule has 0 heterocycles. The molecule has 1 fully saturated rings. The number of rotatable bonds is 4. The average Bonchev–Trinajstić information content (AvgIpc) is 2.43. The van der Waals surface area contributed by atoms with Gasteiger partial charge in [0.1, 0.15) is 0 Å². The Bertz CT molecular complexity index is 415. The van der Waals surface area contributed by atoms with E-state index >= 15 is 0 Å². The third kappa shape index (κ3) is 4.09. The van der Waals surface area contributed by atoms with Crippen molar-refractivity contribution in [3.63, 3.8) is 0 Å². The molecular weight excluding hydrogens is 279 g/mol. The summed E-state index contributed by atoms with van der Waals surface area (Å²) in [5.74, 6) is 0. The zero-order valence-electron chi connectivity index (χ0n) is 11.6. The molecule has 2 nitrogen and oxygen atoms in total. The molecule has 2 rings (SSSR count). The van der Waals surface area contributed by atoms with E-state index in [1.807, 2.05) is 18.2 Å². The van der Waals surface area contributed by atoms with Gasteiger partial charge in [0.15, 0.2) is 0 Å². The lowest BCUT2D eigenvalue weighted by molar-refractivity contribution is 0.170. The second-order valence-electron chi connectivity index (χ2n) is 5.44. The number of halogens is 2. The molecule has 19 heavy (non-hydrogen) atoms. The molecule has 0 saturated heterocycles. The van der Waals surface area contributed by atoms with E-state index in [0.29, 0.717) is 12.1 Å². The smallest absolute Gasteiger partial charge is 0.0452 e. The molecule has 1 aromatic rings. The maximum absolute atomic E-state index is 6.23. The largest absolute Gasteiger partial charge is 0.317 e. The van der Waals surface area contributed by atoms with Crippen molar-refractivity contribution < 1.29 is 0 Å². The van der Waals surface area contributed by atoms with Crippen molar-refractivity contribution in [3.8, 4) is 0 Å². The number of nitrogens with zero attached hydrogens (tertiary/aromatic N) is 1.